The first-order valence-corrected chi connectivity index (χ1v) is 17.2. The fourth-order valence-electron chi connectivity index (χ4n) is 6.30. The number of aryl methyl sites for hydroxylation is 2. The first-order chi connectivity index (χ1) is 22.0. The van der Waals surface area contributed by atoms with Crippen LogP contribution in [0.1, 0.15) is 88.5 Å². The summed E-state index contributed by atoms with van der Waals surface area (Å²) in [6.45, 7) is 19.2. The molecule has 2 aromatic rings. The van der Waals surface area contributed by atoms with Gasteiger partial charge in [-0.15, -0.1) is 0 Å². The average molecular weight is 625 g/mol. The van der Waals surface area contributed by atoms with Gasteiger partial charge in [0.15, 0.2) is 0 Å². The molecule has 2 fully saturated rings. The number of piperidine rings is 2. The number of nitrogens with one attached hydrogen (secondary N) is 2. The van der Waals surface area contributed by atoms with E-state index in [0.717, 1.165) is 61.8 Å². The molecule has 4 rings (SSSR count). The van der Waals surface area contributed by atoms with E-state index in [9.17, 15) is 4.79 Å². The quantitative estimate of drug-likeness (QED) is 0.185. The molecule has 0 aromatic heterocycles. The van der Waals surface area contributed by atoms with Crippen molar-refractivity contribution < 1.29 is 4.79 Å². The maximum Gasteiger partial charge on any atom is 0.355 e. The predicted molar refractivity (Wildman–Crippen MR) is 195 cm³/mol. The van der Waals surface area contributed by atoms with E-state index in [1.807, 2.05) is 12.2 Å². The Kier molecular flexibility index (Phi) is 12.9. The van der Waals surface area contributed by atoms with Gasteiger partial charge >= 0.3 is 6.03 Å². The van der Waals surface area contributed by atoms with E-state index in [2.05, 4.69) is 133 Å². The van der Waals surface area contributed by atoms with Crippen LogP contribution in [0.25, 0.3) is 12.2 Å². The lowest BCUT2D eigenvalue weighted by Gasteiger charge is -2.35. The van der Waals surface area contributed by atoms with Gasteiger partial charge in [-0.05, 0) is 89.0 Å². The van der Waals surface area contributed by atoms with Gasteiger partial charge in [0.1, 0.15) is 0 Å². The van der Waals surface area contributed by atoms with Gasteiger partial charge in [-0.25, -0.2) is 15.6 Å². The van der Waals surface area contributed by atoms with Crippen LogP contribution in [0.2, 0.25) is 0 Å². The van der Waals surface area contributed by atoms with Gasteiger partial charge in [0.2, 0.25) is 0 Å². The Hall–Kier alpha value is -3.55. The van der Waals surface area contributed by atoms with E-state index < -0.39 is 6.03 Å². The minimum absolute atomic E-state index is 0.270. The van der Waals surface area contributed by atoms with Crippen LogP contribution in [0, 0.1) is 24.7 Å². The molecule has 2 saturated heterocycles. The van der Waals surface area contributed by atoms with Crippen molar-refractivity contribution in [1.29, 1.82) is 0 Å². The molecule has 7 nitrogen and oxygen atoms in total. The fraction of sp³-hybridized carbons (Fsp3) is 0.513. The number of hydrogen-bond acceptors (Lipinski definition) is 5. The third-order valence-corrected chi connectivity index (χ3v) is 9.10. The van der Waals surface area contributed by atoms with Gasteiger partial charge in [0.05, 0.1) is 11.4 Å². The number of nitrogens with zero attached hydrogens (tertiary/aromatic N) is 4. The molecule has 0 saturated carbocycles. The molecule has 2 aliphatic heterocycles. The second-order valence-electron chi connectivity index (χ2n) is 14.5. The molecule has 0 radical (unpaired) electrons. The normalized spacial score (nSPS) is 18.0. The number of hydrogen-bond donors (Lipinski definition) is 2. The van der Waals surface area contributed by atoms with E-state index >= 15 is 0 Å². The largest absolute Gasteiger partial charge is 0.355 e. The van der Waals surface area contributed by atoms with Crippen molar-refractivity contribution >= 4 is 29.6 Å². The minimum atomic E-state index is -0.454. The molecule has 2 heterocycles. The van der Waals surface area contributed by atoms with Gasteiger partial charge < -0.3 is 9.80 Å². The molecule has 2 aliphatic rings. The van der Waals surface area contributed by atoms with Crippen LogP contribution in [0.3, 0.4) is 0 Å². The van der Waals surface area contributed by atoms with Crippen LogP contribution in [0.15, 0.2) is 70.9 Å². The van der Waals surface area contributed by atoms with E-state index in [4.69, 9.17) is 0 Å². The molecule has 0 atom stereocenters. The zero-order chi connectivity index (χ0) is 33.0. The van der Waals surface area contributed by atoms with Crippen molar-refractivity contribution in [2.45, 2.75) is 80.1 Å². The molecular formula is C39H56N6O. The van der Waals surface area contributed by atoms with E-state index in [1.165, 1.54) is 49.7 Å². The Bertz CT molecular complexity index is 1270. The lowest BCUT2D eigenvalue weighted by atomic mass is 9.85. The Balaban J connectivity index is 1.53. The monoisotopic (exact) mass is 624 g/mol. The first-order valence-electron chi connectivity index (χ1n) is 17.2. The second kappa shape index (κ2) is 16.8. The van der Waals surface area contributed by atoms with Gasteiger partial charge in [-0.2, -0.15) is 10.2 Å². The zero-order valence-corrected chi connectivity index (χ0v) is 29.1. The molecule has 0 unspecified atom stereocenters. The Morgan fingerprint density at radius 3 is 1.33 bits per heavy atom. The number of urea groups is 1. The number of carbonyl (C=O) groups excluding carboxylic acids is 1. The Labute approximate surface area is 277 Å². The van der Waals surface area contributed by atoms with Gasteiger partial charge in [-0.3, -0.25) is 0 Å². The maximum absolute atomic E-state index is 13.2. The van der Waals surface area contributed by atoms with E-state index in [0.29, 0.717) is 0 Å². The number of likely N-dealkylation sites (tertiary alicyclic amines) is 2. The summed E-state index contributed by atoms with van der Waals surface area (Å²) in [6, 6.07) is 16.4. The van der Waals surface area contributed by atoms with Gasteiger partial charge in [-0.1, -0.05) is 112 Å². The summed E-state index contributed by atoms with van der Waals surface area (Å²) < 4.78 is 0. The highest BCUT2D eigenvalue weighted by Crippen LogP contribution is 2.25. The molecule has 2 amide bonds. The highest BCUT2D eigenvalue weighted by molar-refractivity contribution is 6.03. The standard InChI is InChI=1S/C39H56N6O/c1-31-13-17-33(18-14-31)21-23-35(38(3,4)29-44-25-9-7-10-26-44)40-42-37(46)43-41-36(24-22-34-19-15-32(2)16-20-34)39(5,6)30-45-27-11-8-12-28-45/h13-24H,7-12,25-30H2,1-6H3,(H2,42,43,46)/b23-21-,24-22+,40-35-,41-36+. The average Bonchev–Trinajstić information content (AvgIpc) is 3.03. The van der Waals surface area contributed by atoms with E-state index in [1.54, 1.807) is 0 Å². The number of allylic oxidation sites excluding steroid dienone is 2. The predicted octanol–water partition coefficient (Wildman–Crippen LogP) is 8.07. The lowest BCUT2D eigenvalue weighted by Crippen LogP contribution is -2.43. The number of rotatable bonds is 12. The highest BCUT2D eigenvalue weighted by Gasteiger charge is 2.29. The lowest BCUT2D eigenvalue weighted by molar-refractivity contribution is 0.186. The Morgan fingerprint density at radius 1 is 0.630 bits per heavy atom. The molecular weight excluding hydrogens is 568 g/mol. The molecule has 46 heavy (non-hydrogen) atoms. The summed E-state index contributed by atoms with van der Waals surface area (Å²) in [5.74, 6) is 0. The SMILES string of the molecule is Cc1ccc(/C=C\C(=N\NC(=O)N/N=C(\C=C\c2ccc(C)cc2)C(C)(C)CN2CCCCC2)C(C)(C)CN2CCCCC2)cc1. The van der Waals surface area contributed by atoms with Gasteiger partial charge in [0, 0.05) is 23.9 Å². The molecule has 2 aromatic carbocycles. The van der Waals surface area contributed by atoms with Crippen LogP contribution in [-0.2, 0) is 0 Å². The smallest absolute Gasteiger partial charge is 0.302 e. The summed E-state index contributed by atoms with van der Waals surface area (Å²) in [7, 11) is 0. The minimum Gasteiger partial charge on any atom is -0.302 e. The van der Waals surface area contributed by atoms with Crippen molar-refractivity contribution in [1.82, 2.24) is 20.7 Å². The molecule has 0 spiro atoms. The van der Waals surface area contributed by atoms with Crippen molar-refractivity contribution in [3.05, 3.63) is 82.9 Å². The Morgan fingerprint density at radius 2 is 0.978 bits per heavy atom. The van der Waals surface area contributed by atoms with Crippen molar-refractivity contribution in [2.75, 3.05) is 39.3 Å². The summed E-state index contributed by atoms with van der Waals surface area (Å²) >= 11 is 0. The molecule has 248 valence electrons. The van der Waals surface area contributed by atoms with Crippen molar-refractivity contribution in [3.8, 4) is 0 Å². The van der Waals surface area contributed by atoms with Crippen molar-refractivity contribution in [2.24, 2.45) is 21.0 Å². The van der Waals surface area contributed by atoms with E-state index in [-0.39, 0.29) is 10.8 Å². The summed E-state index contributed by atoms with van der Waals surface area (Å²) in [5.41, 5.74) is 11.3. The summed E-state index contributed by atoms with van der Waals surface area (Å²) in [5, 5.41) is 9.35. The van der Waals surface area contributed by atoms with Crippen molar-refractivity contribution in [3.63, 3.8) is 0 Å². The number of amides is 2. The topological polar surface area (TPSA) is 72.3 Å². The van der Waals surface area contributed by atoms with Crippen LogP contribution < -0.4 is 10.9 Å². The number of benzene rings is 2. The van der Waals surface area contributed by atoms with Crippen LogP contribution >= 0.6 is 0 Å². The van der Waals surface area contributed by atoms with Crippen LogP contribution in [0.4, 0.5) is 4.79 Å². The highest BCUT2D eigenvalue weighted by atomic mass is 16.2. The molecule has 2 N–H and O–H groups in total. The third kappa shape index (κ3) is 11.4. The second-order valence-corrected chi connectivity index (χ2v) is 14.5. The van der Waals surface area contributed by atoms with Gasteiger partial charge in [0.25, 0.3) is 0 Å². The molecule has 0 aliphatic carbocycles. The third-order valence-electron chi connectivity index (χ3n) is 9.10. The zero-order valence-electron chi connectivity index (χ0n) is 29.1. The summed E-state index contributed by atoms with van der Waals surface area (Å²) in [4.78, 5) is 18.2. The molecule has 0 bridgehead atoms. The first kappa shape index (κ1) is 35.3. The van der Waals surface area contributed by atoms with Crippen LogP contribution in [0.5, 0.6) is 0 Å². The number of hydrazone groups is 2. The number of carbonyl (C=O) groups is 1. The maximum atomic E-state index is 13.2. The van der Waals surface area contributed by atoms with Crippen LogP contribution in [-0.4, -0.2) is 66.5 Å². The molecule has 7 heteroatoms. The summed E-state index contributed by atoms with van der Waals surface area (Å²) in [6.07, 6.45) is 15.7. The fourth-order valence-corrected chi connectivity index (χ4v) is 6.30.